The Morgan fingerprint density at radius 1 is 1.39 bits per heavy atom. The summed E-state index contributed by atoms with van der Waals surface area (Å²) in [5.74, 6) is 1.05. The lowest BCUT2D eigenvalue weighted by atomic mass is 10.2. The molecular weight excluding hydrogens is 230 g/mol. The second kappa shape index (κ2) is 5.77. The van der Waals surface area contributed by atoms with Crippen molar-refractivity contribution in [2.24, 2.45) is 0 Å². The number of nitrogens with one attached hydrogen (secondary N) is 1. The standard InChI is InChI=1S/C12H19N5O/c1-9(4-6-17-7-5-13-11(17)3)14-8-12-10(2)15-18-16-12/h5,7,9,14H,4,6,8H2,1-3H3/t9-/m1/s1. The molecule has 0 fully saturated rings. The molecule has 1 N–H and O–H groups in total. The number of hydrogen-bond donors (Lipinski definition) is 1. The molecule has 2 aromatic rings. The van der Waals surface area contributed by atoms with Crippen molar-refractivity contribution in [3.63, 3.8) is 0 Å². The summed E-state index contributed by atoms with van der Waals surface area (Å²) in [5, 5.41) is 11.0. The van der Waals surface area contributed by atoms with E-state index in [9.17, 15) is 0 Å². The first-order valence-electron chi connectivity index (χ1n) is 6.16. The van der Waals surface area contributed by atoms with Crippen LogP contribution in [-0.4, -0.2) is 25.9 Å². The molecule has 0 radical (unpaired) electrons. The average molecular weight is 249 g/mol. The van der Waals surface area contributed by atoms with Crippen LogP contribution in [0.5, 0.6) is 0 Å². The van der Waals surface area contributed by atoms with Crippen molar-refractivity contribution in [2.75, 3.05) is 0 Å². The molecule has 6 nitrogen and oxygen atoms in total. The topological polar surface area (TPSA) is 68.8 Å². The van der Waals surface area contributed by atoms with Gasteiger partial charge in [-0.1, -0.05) is 10.3 Å². The molecule has 1 atom stereocenters. The molecule has 2 rings (SSSR count). The molecule has 0 saturated carbocycles. The highest BCUT2D eigenvalue weighted by atomic mass is 16.6. The van der Waals surface area contributed by atoms with Gasteiger partial charge in [0.15, 0.2) is 0 Å². The summed E-state index contributed by atoms with van der Waals surface area (Å²) in [5.41, 5.74) is 1.72. The Morgan fingerprint density at radius 2 is 2.22 bits per heavy atom. The minimum atomic E-state index is 0.405. The van der Waals surface area contributed by atoms with Crippen LogP contribution >= 0.6 is 0 Å². The molecule has 0 aromatic carbocycles. The van der Waals surface area contributed by atoms with Crippen molar-refractivity contribution in [1.29, 1.82) is 0 Å². The van der Waals surface area contributed by atoms with Crippen molar-refractivity contribution < 1.29 is 4.63 Å². The fraction of sp³-hybridized carbons (Fsp3) is 0.583. The summed E-state index contributed by atoms with van der Waals surface area (Å²) in [7, 11) is 0. The Hall–Kier alpha value is -1.69. The molecule has 6 heteroatoms. The van der Waals surface area contributed by atoms with Crippen LogP contribution in [0, 0.1) is 13.8 Å². The molecule has 0 aliphatic heterocycles. The lowest BCUT2D eigenvalue weighted by Gasteiger charge is -2.13. The summed E-state index contributed by atoms with van der Waals surface area (Å²) < 4.78 is 6.81. The minimum absolute atomic E-state index is 0.405. The van der Waals surface area contributed by atoms with Crippen LogP contribution in [0.15, 0.2) is 17.0 Å². The maximum atomic E-state index is 4.66. The molecule has 0 aliphatic carbocycles. The van der Waals surface area contributed by atoms with Gasteiger partial charge in [-0.05, 0) is 27.2 Å². The van der Waals surface area contributed by atoms with E-state index in [0.29, 0.717) is 12.6 Å². The zero-order valence-electron chi connectivity index (χ0n) is 11.1. The minimum Gasteiger partial charge on any atom is -0.335 e. The number of aryl methyl sites for hydroxylation is 3. The Morgan fingerprint density at radius 3 is 2.83 bits per heavy atom. The van der Waals surface area contributed by atoms with Crippen LogP contribution in [0.4, 0.5) is 0 Å². The second-order valence-corrected chi connectivity index (χ2v) is 4.53. The van der Waals surface area contributed by atoms with Gasteiger partial charge in [0, 0.05) is 31.5 Å². The lowest BCUT2D eigenvalue weighted by molar-refractivity contribution is 0.299. The molecular formula is C12H19N5O. The average Bonchev–Trinajstić information content (AvgIpc) is 2.93. The van der Waals surface area contributed by atoms with Gasteiger partial charge in [0.2, 0.25) is 0 Å². The Labute approximate surface area is 106 Å². The molecule has 0 saturated heterocycles. The fourth-order valence-corrected chi connectivity index (χ4v) is 1.76. The highest BCUT2D eigenvalue weighted by molar-refractivity contribution is 5.03. The van der Waals surface area contributed by atoms with Crippen LogP contribution in [-0.2, 0) is 13.1 Å². The summed E-state index contributed by atoms with van der Waals surface area (Å²) in [4.78, 5) is 4.20. The van der Waals surface area contributed by atoms with E-state index in [2.05, 4.69) is 36.7 Å². The van der Waals surface area contributed by atoms with Crippen molar-refractivity contribution in [2.45, 2.75) is 46.3 Å². The van der Waals surface area contributed by atoms with E-state index >= 15 is 0 Å². The lowest BCUT2D eigenvalue weighted by Crippen LogP contribution is -2.27. The zero-order valence-corrected chi connectivity index (χ0v) is 11.1. The van der Waals surface area contributed by atoms with Crippen LogP contribution in [0.25, 0.3) is 0 Å². The normalized spacial score (nSPS) is 12.8. The van der Waals surface area contributed by atoms with E-state index < -0.39 is 0 Å². The predicted molar refractivity (Wildman–Crippen MR) is 66.9 cm³/mol. The van der Waals surface area contributed by atoms with Crippen LogP contribution < -0.4 is 5.32 Å². The van der Waals surface area contributed by atoms with Gasteiger partial charge in [-0.15, -0.1) is 0 Å². The van der Waals surface area contributed by atoms with Crippen molar-refractivity contribution >= 4 is 0 Å². The number of hydrogen-bond acceptors (Lipinski definition) is 5. The van der Waals surface area contributed by atoms with Crippen LogP contribution in [0.1, 0.15) is 30.6 Å². The number of nitrogens with zero attached hydrogens (tertiary/aromatic N) is 4. The second-order valence-electron chi connectivity index (χ2n) is 4.53. The maximum Gasteiger partial charge on any atom is 0.121 e. The summed E-state index contributed by atoms with van der Waals surface area (Å²) in [6, 6.07) is 0.405. The monoisotopic (exact) mass is 249 g/mol. The molecule has 2 aromatic heterocycles. The third-order valence-electron chi connectivity index (χ3n) is 3.09. The smallest absolute Gasteiger partial charge is 0.121 e. The first-order valence-corrected chi connectivity index (χ1v) is 6.16. The van der Waals surface area contributed by atoms with Gasteiger partial charge < -0.3 is 9.88 Å². The molecule has 18 heavy (non-hydrogen) atoms. The Kier molecular flexibility index (Phi) is 4.09. The Bertz CT molecular complexity index is 446. The summed E-state index contributed by atoms with van der Waals surface area (Å²) in [6.45, 7) is 7.74. The van der Waals surface area contributed by atoms with E-state index in [1.807, 2.05) is 26.2 Å². The van der Waals surface area contributed by atoms with E-state index in [1.54, 1.807) is 0 Å². The predicted octanol–water partition coefficient (Wildman–Crippen LogP) is 1.45. The van der Waals surface area contributed by atoms with Crippen LogP contribution in [0.3, 0.4) is 0 Å². The highest BCUT2D eigenvalue weighted by Gasteiger charge is 2.07. The van der Waals surface area contributed by atoms with Gasteiger partial charge in [-0.3, -0.25) is 0 Å². The van der Waals surface area contributed by atoms with Gasteiger partial charge in [0.05, 0.1) is 0 Å². The van der Waals surface area contributed by atoms with Gasteiger partial charge in [-0.25, -0.2) is 9.61 Å². The highest BCUT2D eigenvalue weighted by Crippen LogP contribution is 2.03. The molecule has 0 bridgehead atoms. The molecule has 0 unspecified atom stereocenters. The molecule has 98 valence electrons. The largest absolute Gasteiger partial charge is 0.335 e. The van der Waals surface area contributed by atoms with Gasteiger partial charge >= 0.3 is 0 Å². The number of imidazole rings is 1. The van der Waals surface area contributed by atoms with Gasteiger partial charge in [0.1, 0.15) is 17.2 Å². The quantitative estimate of drug-likeness (QED) is 0.839. The van der Waals surface area contributed by atoms with Gasteiger partial charge in [0.25, 0.3) is 0 Å². The first kappa shape index (κ1) is 12.8. The van der Waals surface area contributed by atoms with Crippen molar-refractivity contribution in [3.8, 4) is 0 Å². The van der Waals surface area contributed by atoms with Gasteiger partial charge in [-0.2, -0.15) is 0 Å². The molecule has 0 aliphatic rings. The van der Waals surface area contributed by atoms with E-state index in [1.165, 1.54) is 0 Å². The number of rotatable bonds is 6. The molecule has 0 spiro atoms. The molecule has 0 amide bonds. The van der Waals surface area contributed by atoms with E-state index in [0.717, 1.165) is 30.2 Å². The number of aromatic nitrogens is 4. The SMILES string of the molecule is Cc1nonc1CN[C@H](C)CCn1ccnc1C. The van der Waals surface area contributed by atoms with Crippen molar-refractivity contribution in [1.82, 2.24) is 25.2 Å². The third-order valence-corrected chi connectivity index (χ3v) is 3.09. The summed E-state index contributed by atoms with van der Waals surface area (Å²) in [6.07, 6.45) is 4.88. The van der Waals surface area contributed by atoms with E-state index in [-0.39, 0.29) is 0 Å². The fourth-order valence-electron chi connectivity index (χ4n) is 1.76. The maximum absolute atomic E-state index is 4.66. The van der Waals surface area contributed by atoms with E-state index in [4.69, 9.17) is 0 Å². The first-order chi connectivity index (χ1) is 8.66. The Balaban J connectivity index is 1.74. The third kappa shape index (κ3) is 3.16. The zero-order chi connectivity index (χ0) is 13.0. The van der Waals surface area contributed by atoms with Crippen LogP contribution in [0.2, 0.25) is 0 Å². The summed E-state index contributed by atoms with van der Waals surface area (Å²) >= 11 is 0. The van der Waals surface area contributed by atoms with Crippen molar-refractivity contribution in [3.05, 3.63) is 29.6 Å². The molecule has 2 heterocycles.